The Morgan fingerprint density at radius 3 is 2.47 bits per heavy atom. The second kappa shape index (κ2) is 4.17. The van der Waals surface area contributed by atoms with Crippen LogP contribution in [0.3, 0.4) is 0 Å². The maximum atomic E-state index is 13.8. The molecule has 0 amide bonds. The third kappa shape index (κ3) is 1.78. The van der Waals surface area contributed by atoms with Gasteiger partial charge in [0.2, 0.25) is 5.88 Å². The van der Waals surface area contributed by atoms with Gasteiger partial charge in [0, 0.05) is 0 Å². The molecular weight excluding hydrogens is 251 g/mol. The van der Waals surface area contributed by atoms with Crippen LogP contribution >= 0.6 is 11.6 Å². The normalized spacial score (nSPS) is 10.6. The fourth-order valence-electron chi connectivity index (χ4n) is 1.36. The molecule has 0 aliphatic carbocycles. The summed E-state index contributed by atoms with van der Waals surface area (Å²) >= 11 is 5.61. The number of hydrogen-bond acceptors (Lipinski definition) is 6. The van der Waals surface area contributed by atoms with Crippen LogP contribution in [0.15, 0.2) is 0 Å². The monoisotopic (exact) mass is 258 g/mol. The van der Waals surface area contributed by atoms with Crippen LogP contribution in [-0.2, 0) is 0 Å². The molecule has 0 saturated heterocycles. The fraction of sp³-hybridized carbons (Fsp3) is 0.222. The van der Waals surface area contributed by atoms with Gasteiger partial charge in [-0.1, -0.05) is 11.6 Å². The summed E-state index contributed by atoms with van der Waals surface area (Å²) < 4.78 is 23.5. The van der Waals surface area contributed by atoms with E-state index in [1.165, 1.54) is 14.2 Å². The molecule has 0 saturated carbocycles. The third-order valence-corrected chi connectivity index (χ3v) is 2.35. The van der Waals surface area contributed by atoms with E-state index >= 15 is 0 Å². The number of methoxy groups -OCH3 is 2. The molecule has 0 spiro atoms. The Balaban J connectivity index is 2.92. The van der Waals surface area contributed by atoms with Gasteiger partial charge in [0.15, 0.2) is 11.0 Å². The van der Waals surface area contributed by atoms with E-state index in [1.54, 1.807) is 0 Å². The number of aromatic nitrogens is 3. The van der Waals surface area contributed by atoms with Crippen LogP contribution in [0.5, 0.6) is 11.9 Å². The van der Waals surface area contributed by atoms with Crippen LogP contribution in [0.25, 0.3) is 10.9 Å². The molecule has 8 heteroatoms. The highest BCUT2D eigenvalue weighted by atomic mass is 35.5. The topological polar surface area (TPSA) is 83.2 Å². The van der Waals surface area contributed by atoms with Gasteiger partial charge in [0.25, 0.3) is 0 Å². The minimum absolute atomic E-state index is 0.00627. The van der Waals surface area contributed by atoms with Crippen molar-refractivity contribution in [2.45, 2.75) is 0 Å². The third-order valence-electron chi connectivity index (χ3n) is 2.10. The van der Waals surface area contributed by atoms with E-state index in [0.717, 1.165) is 0 Å². The summed E-state index contributed by atoms with van der Waals surface area (Å²) in [5, 5.41) is -0.190. The van der Waals surface area contributed by atoms with Crippen molar-refractivity contribution in [2.75, 3.05) is 20.0 Å². The Kier molecular flexibility index (Phi) is 2.84. The molecule has 2 aromatic rings. The van der Waals surface area contributed by atoms with Gasteiger partial charge in [-0.3, -0.25) is 0 Å². The zero-order valence-corrected chi connectivity index (χ0v) is 9.75. The summed E-state index contributed by atoms with van der Waals surface area (Å²) in [5.74, 6) is -0.729. The summed E-state index contributed by atoms with van der Waals surface area (Å²) in [4.78, 5) is 11.3. The van der Waals surface area contributed by atoms with Gasteiger partial charge in [-0.05, 0) is 0 Å². The lowest BCUT2D eigenvalue weighted by Gasteiger charge is -2.09. The first-order valence-corrected chi connectivity index (χ1v) is 4.86. The van der Waals surface area contributed by atoms with Gasteiger partial charge >= 0.3 is 6.01 Å². The Labute approximate surface area is 101 Å². The molecule has 0 aliphatic heterocycles. The molecule has 0 aliphatic rings. The first-order chi connectivity index (χ1) is 8.08. The number of halogens is 2. The van der Waals surface area contributed by atoms with Crippen LogP contribution in [0, 0.1) is 5.82 Å². The molecule has 90 valence electrons. The van der Waals surface area contributed by atoms with Crippen LogP contribution < -0.4 is 15.2 Å². The number of ether oxygens (including phenoxy) is 2. The highest BCUT2D eigenvalue weighted by Crippen LogP contribution is 2.32. The lowest BCUT2D eigenvalue weighted by molar-refractivity contribution is 0.380. The van der Waals surface area contributed by atoms with Gasteiger partial charge in [0.1, 0.15) is 16.7 Å². The fourth-order valence-corrected chi connectivity index (χ4v) is 1.52. The summed E-state index contributed by atoms with van der Waals surface area (Å²) in [7, 11) is 2.71. The van der Waals surface area contributed by atoms with Crippen molar-refractivity contribution in [1.82, 2.24) is 15.0 Å². The van der Waals surface area contributed by atoms with E-state index < -0.39 is 5.82 Å². The number of hydrogen-bond donors (Lipinski definition) is 1. The molecule has 2 rings (SSSR count). The zero-order valence-electron chi connectivity index (χ0n) is 8.99. The van der Waals surface area contributed by atoms with E-state index in [0.29, 0.717) is 0 Å². The number of nitrogens with two attached hydrogens (primary N) is 1. The Hall–Kier alpha value is -1.89. The number of rotatable bonds is 2. The molecule has 2 N–H and O–H groups in total. The number of nitrogen functional groups attached to an aromatic ring is 1. The quantitative estimate of drug-likeness (QED) is 0.820. The van der Waals surface area contributed by atoms with Crippen molar-refractivity contribution in [3.05, 3.63) is 11.0 Å². The van der Waals surface area contributed by atoms with Gasteiger partial charge < -0.3 is 15.2 Å². The first kappa shape index (κ1) is 11.6. The molecule has 0 atom stereocenters. The molecule has 0 aromatic carbocycles. The molecule has 0 fully saturated rings. The van der Waals surface area contributed by atoms with Crippen molar-refractivity contribution in [3.8, 4) is 11.9 Å². The smallest absolute Gasteiger partial charge is 0.318 e. The Morgan fingerprint density at radius 1 is 1.18 bits per heavy atom. The van der Waals surface area contributed by atoms with Crippen molar-refractivity contribution in [3.63, 3.8) is 0 Å². The molecule has 0 radical (unpaired) electrons. The average Bonchev–Trinajstić information content (AvgIpc) is 2.33. The minimum atomic E-state index is -0.796. The molecular formula is C9H8ClFN4O2. The Bertz CT molecular complexity index is 593. The predicted octanol–water partition coefficient (Wildman–Crippen LogP) is 1.42. The maximum absolute atomic E-state index is 13.8. The highest BCUT2D eigenvalue weighted by Gasteiger charge is 2.19. The molecule has 6 nitrogen and oxygen atoms in total. The van der Waals surface area contributed by atoms with Crippen LogP contribution in [0.2, 0.25) is 5.15 Å². The summed E-state index contributed by atoms with van der Waals surface area (Å²) in [5.41, 5.74) is 5.58. The van der Waals surface area contributed by atoms with Crippen molar-refractivity contribution < 1.29 is 13.9 Å². The van der Waals surface area contributed by atoms with Crippen molar-refractivity contribution in [2.24, 2.45) is 0 Å². The summed E-state index contributed by atoms with van der Waals surface area (Å²) in [6, 6.07) is -0.0572. The molecule has 2 heterocycles. The Morgan fingerprint density at radius 2 is 1.88 bits per heavy atom. The highest BCUT2D eigenvalue weighted by molar-refractivity contribution is 6.30. The second-order valence-electron chi connectivity index (χ2n) is 3.05. The van der Waals surface area contributed by atoms with E-state index in [4.69, 9.17) is 26.8 Å². The van der Waals surface area contributed by atoms with Crippen molar-refractivity contribution >= 4 is 28.3 Å². The zero-order chi connectivity index (χ0) is 12.6. The lowest BCUT2D eigenvalue weighted by atomic mass is 10.3. The van der Waals surface area contributed by atoms with Crippen LogP contribution in [0.4, 0.5) is 10.2 Å². The molecule has 17 heavy (non-hydrogen) atoms. The van der Waals surface area contributed by atoms with E-state index in [1.807, 2.05) is 0 Å². The summed E-state index contributed by atoms with van der Waals surface area (Å²) in [6.45, 7) is 0. The van der Waals surface area contributed by atoms with Gasteiger partial charge in [-0.15, -0.1) is 0 Å². The molecule has 0 unspecified atom stereocenters. The molecule has 0 bridgehead atoms. The van der Waals surface area contributed by atoms with E-state index in [-0.39, 0.29) is 33.8 Å². The SMILES string of the molecule is COc1nc(N)c2c(OC)nc(Cl)c(F)c2n1. The minimum Gasteiger partial charge on any atom is -0.480 e. The second-order valence-corrected chi connectivity index (χ2v) is 3.40. The van der Waals surface area contributed by atoms with Gasteiger partial charge in [-0.25, -0.2) is 4.39 Å². The summed E-state index contributed by atoms with van der Waals surface area (Å²) in [6.07, 6.45) is 0. The van der Waals surface area contributed by atoms with Crippen molar-refractivity contribution in [1.29, 1.82) is 0 Å². The first-order valence-electron chi connectivity index (χ1n) is 4.48. The predicted molar refractivity (Wildman–Crippen MR) is 59.8 cm³/mol. The lowest BCUT2D eigenvalue weighted by Crippen LogP contribution is -2.03. The average molecular weight is 259 g/mol. The van der Waals surface area contributed by atoms with Crippen LogP contribution in [-0.4, -0.2) is 29.2 Å². The van der Waals surface area contributed by atoms with Gasteiger partial charge in [0.05, 0.1) is 14.2 Å². The standard InChI is InChI=1S/C9H8ClFN4O2/c1-16-8-3-5(4(11)6(10)14-8)13-9(17-2)15-7(3)12/h1-2H3,(H2,12,13,15). The molecule has 2 aromatic heterocycles. The number of nitrogens with zero attached hydrogens (tertiary/aromatic N) is 3. The number of anilines is 1. The van der Waals surface area contributed by atoms with Crippen LogP contribution in [0.1, 0.15) is 0 Å². The van der Waals surface area contributed by atoms with E-state index in [9.17, 15) is 4.39 Å². The van der Waals surface area contributed by atoms with E-state index in [2.05, 4.69) is 15.0 Å². The maximum Gasteiger partial charge on any atom is 0.318 e. The number of fused-ring (bicyclic) bond motifs is 1. The largest absolute Gasteiger partial charge is 0.480 e. The van der Waals surface area contributed by atoms with Gasteiger partial charge in [-0.2, -0.15) is 15.0 Å². The number of pyridine rings is 1.